The number of methoxy groups -OCH3 is 1. The maximum absolute atomic E-state index is 13.1. The molecular weight excluding hydrogens is 374 g/mol. The molecule has 2 aromatic carbocycles. The van der Waals surface area contributed by atoms with Crippen molar-refractivity contribution in [3.63, 3.8) is 0 Å². The number of imidazole rings is 1. The van der Waals surface area contributed by atoms with E-state index in [9.17, 15) is 8.42 Å². The fourth-order valence-corrected chi connectivity index (χ4v) is 4.39. The van der Waals surface area contributed by atoms with Crippen LogP contribution in [0.4, 0.5) is 5.69 Å². The van der Waals surface area contributed by atoms with E-state index < -0.39 is 10.0 Å². The van der Waals surface area contributed by atoms with Crippen LogP contribution in [-0.4, -0.2) is 24.9 Å². The number of hydrogen-bond acceptors (Lipinski definition) is 4. The number of ether oxygens (including phenoxy) is 1. The van der Waals surface area contributed by atoms with Gasteiger partial charge in [0, 0.05) is 18.0 Å². The summed E-state index contributed by atoms with van der Waals surface area (Å²) in [4.78, 5) is 4.69. The van der Waals surface area contributed by atoms with E-state index in [0.717, 1.165) is 11.2 Å². The van der Waals surface area contributed by atoms with Crippen LogP contribution in [0.25, 0.3) is 16.9 Å². The number of hydrogen-bond donors (Lipinski definition) is 1. The number of aryl methyl sites for hydroxylation is 1. The normalized spacial score (nSPS) is 11.5. The van der Waals surface area contributed by atoms with Gasteiger partial charge in [-0.1, -0.05) is 30.3 Å². The van der Waals surface area contributed by atoms with Gasteiger partial charge >= 0.3 is 0 Å². The average Bonchev–Trinajstić information content (AvgIpc) is 3.12. The average molecular weight is 393 g/mol. The molecule has 0 saturated heterocycles. The molecule has 2 heterocycles. The lowest BCUT2D eigenvalue weighted by atomic mass is 10.1. The molecule has 6 nitrogen and oxygen atoms in total. The predicted octanol–water partition coefficient (Wildman–Crippen LogP) is 4.12. The van der Waals surface area contributed by atoms with Crippen LogP contribution in [0.5, 0.6) is 5.75 Å². The highest BCUT2D eigenvalue weighted by Crippen LogP contribution is 2.31. The standard InChI is InChI=1S/C21H19N3O3S/c1-15-10-11-19(27-2)20(13-15)28(25,26)23-17-8-4-3-7-16(17)18-14-24-12-6-5-9-21(24)22-18/h3-14,23H,1-2H3. The van der Waals surface area contributed by atoms with E-state index >= 15 is 0 Å². The Balaban J connectivity index is 1.78. The highest BCUT2D eigenvalue weighted by molar-refractivity contribution is 7.92. The molecule has 4 rings (SSSR count). The van der Waals surface area contributed by atoms with Crippen LogP contribution in [-0.2, 0) is 10.0 Å². The number of benzene rings is 2. The van der Waals surface area contributed by atoms with Crippen molar-refractivity contribution in [3.8, 4) is 17.0 Å². The number of aromatic nitrogens is 2. The zero-order valence-corrected chi connectivity index (χ0v) is 16.3. The van der Waals surface area contributed by atoms with Crippen LogP contribution >= 0.6 is 0 Å². The Morgan fingerprint density at radius 3 is 2.61 bits per heavy atom. The van der Waals surface area contributed by atoms with Crippen LogP contribution < -0.4 is 9.46 Å². The van der Waals surface area contributed by atoms with Gasteiger partial charge in [0.1, 0.15) is 16.3 Å². The second kappa shape index (κ2) is 7.01. The van der Waals surface area contributed by atoms with Gasteiger partial charge in [-0.05, 0) is 42.8 Å². The Labute approximate surface area is 163 Å². The molecule has 0 spiro atoms. The summed E-state index contributed by atoms with van der Waals surface area (Å²) in [5.41, 5.74) is 3.45. The number of pyridine rings is 1. The second-order valence-corrected chi connectivity index (χ2v) is 8.05. The van der Waals surface area contributed by atoms with E-state index in [0.29, 0.717) is 22.7 Å². The molecular formula is C21H19N3O3S. The molecule has 1 N–H and O–H groups in total. The molecule has 28 heavy (non-hydrogen) atoms. The zero-order chi connectivity index (χ0) is 19.7. The highest BCUT2D eigenvalue weighted by atomic mass is 32.2. The molecule has 0 saturated carbocycles. The minimum absolute atomic E-state index is 0.0970. The summed E-state index contributed by atoms with van der Waals surface area (Å²) in [6.45, 7) is 1.84. The third-order valence-electron chi connectivity index (χ3n) is 4.42. The van der Waals surface area contributed by atoms with E-state index in [-0.39, 0.29) is 4.90 Å². The van der Waals surface area contributed by atoms with Gasteiger partial charge < -0.3 is 9.14 Å². The first kappa shape index (κ1) is 18.1. The van der Waals surface area contributed by atoms with Gasteiger partial charge in [-0.25, -0.2) is 13.4 Å². The van der Waals surface area contributed by atoms with Crippen molar-refractivity contribution in [2.75, 3.05) is 11.8 Å². The Hall–Kier alpha value is -3.32. The van der Waals surface area contributed by atoms with Gasteiger partial charge in [0.15, 0.2) is 0 Å². The van der Waals surface area contributed by atoms with Gasteiger partial charge in [0.2, 0.25) is 0 Å². The SMILES string of the molecule is COc1ccc(C)cc1S(=O)(=O)Nc1ccccc1-c1cn2ccccc2n1. The van der Waals surface area contributed by atoms with Gasteiger partial charge in [-0.15, -0.1) is 0 Å². The van der Waals surface area contributed by atoms with Crippen LogP contribution in [0.15, 0.2) is 78.0 Å². The fraction of sp³-hybridized carbons (Fsp3) is 0.0952. The highest BCUT2D eigenvalue weighted by Gasteiger charge is 2.21. The summed E-state index contributed by atoms with van der Waals surface area (Å²) >= 11 is 0. The lowest BCUT2D eigenvalue weighted by Crippen LogP contribution is -2.15. The zero-order valence-electron chi connectivity index (χ0n) is 15.5. The first-order valence-electron chi connectivity index (χ1n) is 8.68. The minimum atomic E-state index is -3.85. The van der Waals surface area contributed by atoms with Gasteiger partial charge in [-0.3, -0.25) is 4.72 Å². The number of fused-ring (bicyclic) bond motifs is 1. The maximum Gasteiger partial charge on any atom is 0.265 e. The van der Waals surface area contributed by atoms with Crippen molar-refractivity contribution in [1.82, 2.24) is 9.38 Å². The lowest BCUT2D eigenvalue weighted by Gasteiger charge is -2.14. The summed E-state index contributed by atoms with van der Waals surface area (Å²) < 4.78 is 36.0. The van der Waals surface area contributed by atoms with Crippen LogP contribution in [0.2, 0.25) is 0 Å². The van der Waals surface area contributed by atoms with Crippen molar-refractivity contribution in [2.45, 2.75) is 11.8 Å². The van der Waals surface area contributed by atoms with E-state index in [4.69, 9.17) is 4.74 Å². The summed E-state index contributed by atoms with van der Waals surface area (Å²) in [6, 6.07) is 18.0. The van der Waals surface area contributed by atoms with Gasteiger partial charge in [0.05, 0.1) is 18.5 Å². The molecule has 0 aliphatic heterocycles. The smallest absolute Gasteiger partial charge is 0.265 e. The van der Waals surface area contributed by atoms with Crippen LogP contribution in [0.3, 0.4) is 0 Å². The summed E-state index contributed by atoms with van der Waals surface area (Å²) in [5, 5.41) is 0. The summed E-state index contributed by atoms with van der Waals surface area (Å²) in [7, 11) is -2.40. The number of anilines is 1. The van der Waals surface area contributed by atoms with Crippen molar-refractivity contribution in [3.05, 3.63) is 78.6 Å². The molecule has 4 aromatic rings. The van der Waals surface area contributed by atoms with E-state index in [1.165, 1.54) is 7.11 Å². The molecule has 0 aliphatic rings. The molecule has 0 aliphatic carbocycles. The molecule has 0 radical (unpaired) electrons. The maximum atomic E-state index is 13.1. The topological polar surface area (TPSA) is 72.7 Å². The number of nitrogens with zero attached hydrogens (tertiary/aromatic N) is 2. The monoisotopic (exact) mass is 393 g/mol. The van der Waals surface area contributed by atoms with Crippen molar-refractivity contribution < 1.29 is 13.2 Å². The van der Waals surface area contributed by atoms with E-state index in [1.54, 1.807) is 24.3 Å². The molecule has 142 valence electrons. The Morgan fingerprint density at radius 2 is 1.82 bits per heavy atom. The molecule has 0 unspecified atom stereocenters. The molecule has 0 fully saturated rings. The van der Waals surface area contributed by atoms with Crippen molar-refractivity contribution in [2.24, 2.45) is 0 Å². The molecule has 0 amide bonds. The van der Waals surface area contributed by atoms with Gasteiger partial charge in [0.25, 0.3) is 10.0 Å². The largest absolute Gasteiger partial charge is 0.495 e. The minimum Gasteiger partial charge on any atom is -0.495 e. The van der Waals surface area contributed by atoms with E-state index in [2.05, 4.69) is 9.71 Å². The van der Waals surface area contributed by atoms with E-state index in [1.807, 2.05) is 60.1 Å². The van der Waals surface area contributed by atoms with Crippen molar-refractivity contribution >= 4 is 21.4 Å². The third kappa shape index (κ3) is 3.32. The quantitative estimate of drug-likeness (QED) is 0.554. The van der Waals surface area contributed by atoms with Crippen molar-refractivity contribution in [1.29, 1.82) is 0 Å². The predicted molar refractivity (Wildman–Crippen MR) is 109 cm³/mol. The summed E-state index contributed by atoms with van der Waals surface area (Å²) in [5.74, 6) is 0.295. The number of sulfonamides is 1. The second-order valence-electron chi connectivity index (χ2n) is 6.40. The lowest BCUT2D eigenvalue weighted by molar-refractivity contribution is 0.402. The first-order valence-corrected chi connectivity index (χ1v) is 10.2. The fourth-order valence-electron chi connectivity index (χ4n) is 3.05. The summed E-state index contributed by atoms with van der Waals surface area (Å²) in [6.07, 6.45) is 3.77. The number of nitrogens with one attached hydrogen (secondary N) is 1. The Morgan fingerprint density at radius 1 is 1.04 bits per heavy atom. The molecule has 7 heteroatoms. The van der Waals surface area contributed by atoms with Crippen LogP contribution in [0, 0.1) is 6.92 Å². The Kier molecular flexibility index (Phi) is 4.52. The number of para-hydroxylation sites is 1. The Bertz CT molecular complexity index is 1230. The molecule has 0 atom stereocenters. The number of rotatable bonds is 5. The molecule has 2 aromatic heterocycles. The third-order valence-corrected chi connectivity index (χ3v) is 5.81. The van der Waals surface area contributed by atoms with Crippen LogP contribution in [0.1, 0.15) is 5.56 Å². The van der Waals surface area contributed by atoms with Gasteiger partial charge in [-0.2, -0.15) is 0 Å². The first-order chi connectivity index (χ1) is 13.5. The molecule has 0 bridgehead atoms.